The molecule has 0 radical (unpaired) electrons. The molecule has 1 heterocycles. The third kappa shape index (κ3) is 7.50. The fraction of sp³-hybridized carbons (Fsp3) is 0.391. The van der Waals surface area contributed by atoms with Crippen molar-refractivity contribution >= 4 is 40.8 Å². The highest BCUT2D eigenvalue weighted by atomic mass is 35.5. The normalized spacial score (nSPS) is 20.1. The molecule has 178 valence electrons. The van der Waals surface area contributed by atoms with Crippen LogP contribution >= 0.6 is 23.2 Å². The van der Waals surface area contributed by atoms with E-state index in [0.29, 0.717) is 52.9 Å². The lowest BCUT2D eigenvalue weighted by molar-refractivity contribution is -0.0886. The van der Waals surface area contributed by atoms with Gasteiger partial charge in [0, 0.05) is 27.8 Å². The van der Waals surface area contributed by atoms with E-state index >= 15 is 0 Å². The van der Waals surface area contributed by atoms with Crippen LogP contribution in [0.5, 0.6) is 5.75 Å². The average Bonchev–Trinajstić information content (AvgIpc) is 2.79. The zero-order valence-corrected chi connectivity index (χ0v) is 19.7. The molecular weight excluding hydrogens is 469 g/mol. The monoisotopic (exact) mass is 495 g/mol. The lowest BCUT2D eigenvalue weighted by Gasteiger charge is -2.36. The number of methoxy groups -OCH3 is 1. The van der Waals surface area contributed by atoms with Gasteiger partial charge in [0.25, 0.3) is 5.91 Å². The maximum absolute atomic E-state index is 12.4. The molecule has 1 fully saturated rings. The molecular formula is C23H27Cl2N3O5. The fourth-order valence-electron chi connectivity index (χ4n) is 3.65. The van der Waals surface area contributed by atoms with E-state index < -0.39 is 6.10 Å². The van der Waals surface area contributed by atoms with Gasteiger partial charge in [0.15, 0.2) is 0 Å². The molecule has 3 rings (SSSR count). The summed E-state index contributed by atoms with van der Waals surface area (Å²) in [5.41, 5.74) is 1.01. The Morgan fingerprint density at radius 3 is 2.45 bits per heavy atom. The Morgan fingerprint density at radius 2 is 1.82 bits per heavy atom. The first kappa shape index (κ1) is 25.1. The molecule has 0 unspecified atom stereocenters. The van der Waals surface area contributed by atoms with Crippen molar-refractivity contribution in [2.45, 2.75) is 37.5 Å². The van der Waals surface area contributed by atoms with Crippen molar-refractivity contribution in [1.29, 1.82) is 0 Å². The fourth-order valence-corrected chi connectivity index (χ4v) is 4.18. The van der Waals surface area contributed by atoms with E-state index in [0.717, 1.165) is 0 Å². The largest absolute Gasteiger partial charge is 0.497 e. The minimum Gasteiger partial charge on any atom is -0.497 e. The van der Waals surface area contributed by atoms with Crippen molar-refractivity contribution in [2.24, 2.45) is 0 Å². The predicted octanol–water partition coefficient (Wildman–Crippen LogP) is 3.85. The van der Waals surface area contributed by atoms with Gasteiger partial charge in [0.1, 0.15) is 11.9 Å². The Kier molecular flexibility index (Phi) is 9.20. The van der Waals surface area contributed by atoms with E-state index in [-0.39, 0.29) is 30.7 Å². The maximum Gasteiger partial charge on any atom is 0.319 e. The Balaban J connectivity index is 1.43. The van der Waals surface area contributed by atoms with Crippen molar-refractivity contribution in [3.63, 3.8) is 0 Å². The van der Waals surface area contributed by atoms with E-state index in [4.69, 9.17) is 32.7 Å². The smallest absolute Gasteiger partial charge is 0.319 e. The van der Waals surface area contributed by atoms with Crippen LogP contribution in [-0.4, -0.2) is 55.6 Å². The van der Waals surface area contributed by atoms with Crippen LogP contribution in [0.3, 0.4) is 0 Å². The van der Waals surface area contributed by atoms with Crippen LogP contribution in [0.1, 0.15) is 29.6 Å². The van der Waals surface area contributed by atoms with Gasteiger partial charge >= 0.3 is 6.03 Å². The number of hydrogen-bond donors (Lipinski definition) is 4. The second-order valence-electron chi connectivity index (χ2n) is 7.69. The SMILES string of the molecule is COc1ccc(NC(=O)N[C@H]2CC[C@H](CCNC(=O)c3cc(Cl)cc(Cl)c3)O[C@@H]2CO)cc1. The molecule has 33 heavy (non-hydrogen) atoms. The lowest BCUT2D eigenvalue weighted by atomic mass is 9.97. The zero-order valence-electron chi connectivity index (χ0n) is 18.1. The Hall–Kier alpha value is -2.52. The minimum atomic E-state index is -0.534. The van der Waals surface area contributed by atoms with E-state index in [2.05, 4.69) is 16.0 Å². The number of amides is 3. The molecule has 0 saturated carbocycles. The minimum absolute atomic E-state index is 0.145. The molecule has 0 bridgehead atoms. The second kappa shape index (κ2) is 12.1. The van der Waals surface area contributed by atoms with Crippen molar-refractivity contribution in [3.05, 3.63) is 58.1 Å². The van der Waals surface area contributed by atoms with Crippen LogP contribution in [0.15, 0.2) is 42.5 Å². The highest BCUT2D eigenvalue weighted by Gasteiger charge is 2.31. The summed E-state index contributed by atoms with van der Waals surface area (Å²) in [5.74, 6) is 0.421. The van der Waals surface area contributed by atoms with E-state index in [1.807, 2.05) is 0 Å². The quantitative estimate of drug-likeness (QED) is 0.444. The number of hydrogen-bond acceptors (Lipinski definition) is 5. The second-order valence-corrected chi connectivity index (χ2v) is 8.57. The number of ether oxygens (including phenoxy) is 2. The van der Waals surface area contributed by atoms with Gasteiger partial charge < -0.3 is 30.5 Å². The molecule has 1 aliphatic heterocycles. The van der Waals surface area contributed by atoms with Crippen molar-refractivity contribution in [3.8, 4) is 5.75 Å². The van der Waals surface area contributed by atoms with Gasteiger partial charge in [-0.2, -0.15) is 0 Å². The lowest BCUT2D eigenvalue weighted by Crippen LogP contribution is -2.52. The molecule has 1 aliphatic rings. The zero-order chi connectivity index (χ0) is 23.8. The number of urea groups is 1. The van der Waals surface area contributed by atoms with Crippen LogP contribution in [0.4, 0.5) is 10.5 Å². The Labute approximate surface area is 202 Å². The van der Waals surface area contributed by atoms with E-state index in [1.165, 1.54) is 0 Å². The number of nitrogens with one attached hydrogen (secondary N) is 3. The first-order chi connectivity index (χ1) is 15.9. The highest BCUT2D eigenvalue weighted by molar-refractivity contribution is 6.35. The summed E-state index contributed by atoms with van der Waals surface area (Å²) >= 11 is 11.9. The number of carbonyl (C=O) groups is 2. The molecule has 3 atom stereocenters. The first-order valence-corrected chi connectivity index (χ1v) is 11.4. The summed E-state index contributed by atoms with van der Waals surface area (Å²) in [6.45, 7) is 0.166. The maximum atomic E-state index is 12.4. The molecule has 0 aliphatic carbocycles. The topological polar surface area (TPSA) is 109 Å². The van der Waals surface area contributed by atoms with Gasteiger partial charge in [-0.1, -0.05) is 23.2 Å². The van der Waals surface area contributed by atoms with Gasteiger partial charge in [0.05, 0.1) is 25.9 Å². The molecule has 8 nitrogen and oxygen atoms in total. The number of aliphatic hydroxyl groups is 1. The number of aliphatic hydroxyl groups excluding tert-OH is 1. The summed E-state index contributed by atoms with van der Waals surface area (Å²) in [6.07, 6.45) is 1.22. The van der Waals surface area contributed by atoms with Crippen LogP contribution in [-0.2, 0) is 4.74 Å². The summed E-state index contributed by atoms with van der Waals surface area (Å²) in [5, 5.41) is 19.0. The van der Waals surface area contributed by atoms with Crippen LogP contribution in [0.25, 0.3) is 0 Å². The average molecular weight is 496 g/mol. The van der Waals surface area contributed by atoms with Crippen LogP contribution < -0.4 is 20.7 Å². The highest BCUT2D eigenvalue weighted by Crippen LogP contribution is 2.23. The third-order valence-electron chi connectivity index (χ3n) is 5.34. The van der Waals surface area contributed by atoms with Crippen LogP contribution in [0, 0.1) is 0 Å². The molecule has 4 N–H and O–H groups in total. The molecule has 10 heteroatoms. The number of anilines is 1. The van der Waals surface area contributed by atoms with Gasteiger partial charge in [-0.3, -0.25) is 4.79 Å². The van der Waals surface area contributed by atoms with Crippen molar-refractivity contribution in [2.75, 3.05) is 25.6 Å². The summed E-state index contributed by atoms with van der Waals surface area (Å²) < 4.78 is 11.1. The number of rotatable bonds is 8. The van der Waals surface area contributed by atoms with Crippen molar-refractivity contribution in [1.82, 2.24) is 10.6 Å². The Morgan fingerprint density at radius 1 is 1.12 bits per heavy atom. The molecule has 1 saturated heterocycles. The standard InChI is InChI=1S/C23H27Cl2N3O5/c1-32-18-4-2-17(3-5-18)27-23(31)28-20-7-6-19(33-21(20)13-29)8-9-26-22(30)14-10-15(24)12-16(25)11-14/h2-5,10-12,19-21,29H,6-9,13H2,1H3,(H,26,30)(H2,27,28,31)/t19-,20+,21-/m1/s1. The van der Waals surface area contributed by atoms with E-state index in [9.17, 15) is 14.7 Å². The molecule has 2 aromatic rings. The third-order valence-corrected chi connectivity index (χ3v) is 5.77. The van der Waals surface area contributed by atoms with Gasteiger partial charge in [-0.25, -0.2) is 4.79 Å². The molecule has 3 amide bonds. The summed E-state index contributed by atoms with van der Waals surface area (Å²) in [6, 6.07) is 10.9. The Bertz CT molecular complexity index is 937. The van der Waals surface area contributed by atoms with Gasteiger partial charge in [0.2, 0.25) is 0 Å². The van der Waals surface area contributed by atoms with E-state index in [1.54, 1.807) is 49.6 Å². The molecule has 2 aromatic carbocycles. The first-order valence-electron chi connectivity index (χ1n) is 10.6. The molecule has 0 aromatic heterocycles. The summed E-state index contributed by atoms with van der Waals surface area (Å²) in [4.78, 5) is 24.7. The predicted molar refractivity (Wildman–Crippen MR) is 127 cm³/mol. The number of benzene rings is 2. The number of carbonyl (C=O) groups excluding carboxylic acids is 2. The molecule has 0 spiro atoms. The summed E-state index contributed by atoms with van der Waals surface area (Å²) in [7, 11) is 1.57. The van der Waals surface area contributed by atoms with Gasteiger partial charge in [-0.05, 0) is 61.7 Å². The number of halogens is 2. The van der Waals surface area contributed by atoms with Crippen LogP contribution in [0.2, 0.25) is 10.0 Å². The van der Waals surface area contributed by atoms with Gasteiger partial charge in [-0.15, -0.1) is 0 Å². The van der Waals surface area contributed by atoms with Crippen molar-refractivity contribution < 1.29 is 24.2 Å².